The van der Waals surface area contributed by atoms with Gasteiger partial charge in [0.15, 0.2) is 0 Å². The number of aryl methyl sites for hydroxylation is 3. The molecular weight excluding hydrogens is 550 g/mol. The summed E-state index contributed by atoms with van der Waals surface area (Å²) >= 11 is 0. The Morgan fingerprint density at radius 3 is 2.17 bits per heavy atom. The largest absolute Gasteiger partial charge is 0.497 e. The van der Waals surface area contributed by atoms with Gasteiger partial charge in [-0.1, -0.05) is 61.4 Å². The van der Waals surface area contributed by atoms with Crippen LogP contribution in [0.1, 0.15) is 55.9 Å². The zero-order valence-corrected chi connectivity index (χ0v) is 26.5. The van der Waals surface area contributed by atoms with Crippen LogP contribution in [0.2, 0.25) is 0 Å². The zero-order valence-electron chi connectivity index (χ0n) is 25.7. The van der Waals surface area contributed by atoms with Gasteiger partial charge in [-0.05, 0) is 82.0 Å². The molecule has 3 aromatic carbocycles. The number of hydrogen-bond acceptors (Lipinski definition) is 5. The predicted octanol–water partition coefficient (Wildman–Crippen LogP) is 5.54. The van der Waals surface area contributed by atoms with E-state index in [1.54, 1.807) is 43.5 Å². The number of nitrogens with one attached hydrogen (secondary N) is 1. The van der Waals surface area contributed by atoms with Crippen molar-refractivity contribution in [2.45, 2.75) is 77.9 Å². The average Bonchev–Trinajstić information content (AvgIpc) is 2.96. The summed E-state index contributed by atoms with van der Waals surface area (Å²) in [6, 6.07) is 18.4. The molecule has 1 N–H and O–H groups in total. The van der Waals surface area contributed by atoms with E-state index in [0.29, 0.717) is 17.9 Å². The number of sulfonamides is 1. The van der Waals surface area contributed by atoms with Crippen molar-refractivity contribution in [3.05, 3.63) is 89.0 Å². The van der Waals surface area contributed by atoms with Gasteiger partial charge in [0.2, 0.25) is 11.8 Å². The van der Waals surface area contributed by atoms with Crippen molar-refractivity contribution in [3.8, 4) is 5.75 Å². The third kappa shape index (κ3) is 7.91. The van der Waals surface area contributed by atoms with E-state index in [9.17, 15) is 18.0 Å². The fourth-order valence-electron chi connectivity index (χ4n) is 4.76. The van der Waals surface area contributed by atoms with Gasteiger partial charge in [-0.25, -0.2) is 8.42 Å². The van der Waals surface area contributed by atoms with Crippen molar-refractivity contribution >= 4 is 27.5 Å². The van der Waals surface area contributed by atoms with Crippen LogP contribution in [0.5, 0.6) is 5.75 Å². The minimum Gasteiger partial charge on any atom is -0.497 e. The summed E-state index contributed by atoms with van der Waals surface area (Å²) in [6.07, 6.45) is 1.09. The molecule has 8 nitrogen and oxygen atoms in total. The molecule has 0 saturated carbocycles. The summed E-state index contributed by atoms with van der Waals surface area (Å²) in [5.41, 5.74) is 3.79. The Kier molecular flexibility index (Phi) is 11.2. The molecule has 0 unspecified atom stereocenters. The highest BCUT2D eigenvalue weighted by Crippen LogP contribution is 2.29. The van der Waals surface area contributed by atoms with Crippen molar-refractivity contribution in [1.29, 1.82) is 0 Å². The van der Waals surface area contributed by atoms with Gasteiger partial charge in [0.1, 0.15) is 18.3 Å². The third-order valence-electron chi connectivity index (χ3n) is 7.38. The van der Waals surface area contributed by atoms with E-state index in [1.807, 2.05) is 71.9 Å². The summed E-state index contributed by atoms with van der Waals surface area (Å²) in [5, 5.41) is 3.00. The lowest BCUT2D eigenvalue weighted by molar-refractivity contribution is -0.140. The van der Waals surface area contributed by atoms with Crippen LogP contribution in [0.15, 0.2) is 71.6 Å². The number of rotatable bonds is 13. The Balaban J connectivity index is 2.10. The molecule has 2 atom stereocenters. The topological polar surface area (TPSA) is 96.0 Å². The summed E-state index contributed by atoms with van der Waals surface area (Å²) in [7, 11) is -2.57. The highest BCUT2D eigenvalue weighted by Gasteiger charge is 2.34. The first-order valence-electron chi connectivity index (χ1n) is 14.3. The van der Waals surface area contributed by atoms with E-state index in [1.165, 1.54) is 4.90 Å². The number of anilines is 1. The fraction of sp³-hybridized carbons (Fsp3) is 0.394. The van der Waals surface area contributed by atoms with Crippen molar-refractivity contribution in [2.24, 2.45) is 0 Å². The quantitative estimate of drug-likeness (QED) is 0.281. The van der Waals surface area contributed by atoms with Crippen molar-refractivity contribution in [2.75, 3.05) is 18.0 Å². The predicted molar refractivity (Wildman–Crippen MR) is 167 cm³/mol. The first kappa shape index (κ1) is 32.7. The number of nitrogens with zero attached hydrogens (tertiary/aromatic N) is 2. The fourth-order valence-corrected chi connectivity index (χ4v) is 6.24. The number of ether oxygens (including phenoxy) is 1. The van der Waals surface area contributed by atoms with Crippen LogP contribution in [-0.2, 0) is 26.2 Å². The maximum Gasteiger partial charge on any atom is 0.264 e. The second kappa shape index (κ2) is 14.4. The minimum atomic E-state index is -4.13. The molecule has 0 fully saturated rings. The first-order chi connectivity index (χ1) is 19.9. The maximum atomic E-state index is 14.3. The van der Waals surface area contributed by atoms with E-state index in [0.717, 1.165) is 33.0 Å². The van der Waals surface area contributed by atoms with E-state index in [4.69, 9.17) is 4.74 Å². The van der Waals surface area contributed by atoms with Gasteiger partial charge in [0.05, 0.1) is 17.7 Å². The van der Waals surface area contributed by atoms with Gasteiger partial charge >= 0.3 is 0 Å². The van der Waals surface area contributed by atoms with E-state index >= 15 is 0 Å². The molecule has 0 aliphatic heterocycles. The van der Waals surface area contributed by atoms with E-state index < -0.39 is 28.5 Å². The Hall–Kier alpha value is -3.85. The van der Waals surface area contributed by atoms with Crippen LogP contribution >= 0.6 is 0 Å². The van der Waals surface area contributed by atoms with Crippen LogP contribution < -0.4 is 14.4 Å². The molecule has 42 heavy (non-hydrogen) atoms. The molecule has 9 heteroatoms. The highest BCUT2D eigenvalue weighted by atomic mass is 32.2. The average molecular weight is 594 g/mol. The van der Waals surface area contributed by atoms with Gasteiger partial charge in [-0.3, -0.25) is 13.9 Å². The lowest BCUT2D eigenvalue weighted by Crippen LogP contribution is -2.53. The number of hydrogen-bond donors (Lipinski definition) is 1. The summed E-state index contributed by atoms with van der Waals surface area (Å²) in [6.45, 7) is 11.0. The monoisotopic (exact) mass is 593 g/mol. The summed E-state index contributed by atoms with van der Waals surface area (Å²) in [5.74, 6) is -0.141. The van der Waals surface area contributed by atoms with Crippen LogP contribution in [0.25, 0.3) is 0 Å². The summed E-state index contributed by atoms with van der Waals surface area (Å²) < 4.78 is 34.7. The Morgan fingerprint density at radius 2 is 1.57 bits per heavy atom. The second-order valence-corrected chi connectivity index (χ2v) is 12.6. The SMILES string of the molecule is CC[C@@H](C)NC(=O)[C@H](CC)N(Cc1cccc(OC)c1)C(=O)CN(c1ccc(C)cc1C)S(=O)(=O)c1ccc(C)cc1. The Bertz CT molecular complexity index is 1490. The van der Waals surface area contributed by atoms with Crippen molar-refractivity contribution in [3.63, 3.8) is 0 Å². The van der Waals surface area contributed by atoms with Crippen LogP contribution in [-0.4, -0.2) is 50.9 Å². The molecule has 0 saturated heterocycles. The molecule has 3 rings (SSSR count). The standard InChI is InChI=1S/C33H43N3O5S/c1-8-26(6)34-33(38)30(9-2)35(21-27-11-10-12-28(20-27)41-7)32(37)22-36(31-18-15-24(4)19-25(31)5)42(39,40)29-16-13-23(3)14-17-29/h10-20,26,30H,8-9,21-22H2,1-7H3,(H,34,38)/t26-,30+/m1/s1. The number of methoxy groups -OCH3 is 1. The van der Waals surface area contributed by atoms with Gasteiger partial charge in [0, 0.05) is 12.6 Å². The molecule has 0 aliphatic carbocycles. The molecule has 3 aromatic rings. The van der Waals surface area contributed by atoms with Crippen molar-refractivity contribution < 1.29 is 22.7 Å². The first-order valence-corrected chi connectivity index (χ1v) is 15.7. The summed E-state index contributed by atoms with van der Waals surface area (Å²) in [4.78, 5) is 29.3. The molecular formula is C33H43N3O5S. The second-order valence-electron chi connectivity index (χ2n) is 10.7. The molecule has 0 aromatic heterocycles. The number of benzene rings is 3. The van der Waals surface area contributed by atoms with E-state index in [-0.39, 0.29) is 23.4 Å². The number of carbonyl (C=O) groups excluding carboxylic acids is 2. The Morgan fingerprint density at radius 1 is 0.905 bits per heavy atom. The number of carbonyl (C=O) groups is 2. The molecule has 2 amide bonds. The third-order valence-corrected chi connectivity index (χ3v) is 9.16. The smallest absolute Gasteiger partial charge is 0.264 e. The van der Waals surface area contributed by atoms with E-state index in [2.05, 4.69) is 5.32 Å². The lowest BCUT2D eigenvalue weighted by Gasteiger charge is -2.34. The van der Waals surface area contributed by atoms with Gasteiger partial charge in [0.25, 0.3) is 10.0 Å². The molecule has 0 bridgehead atoms. The van der Waals surface area contributed by atoms with Gasteiger partial charge in [-0.15, -0.1) is 0 Å². The lowest BCUT2D eigenvalue weighted by atomic mass is 10.1. The molecule has 0 heterocycles. The Labute approximate surface area is 250 Å². The molecule has 0 aliphatic rings. The normalized spacial score (nSPS) is 12.7. The van der Waals surface area contributed by atoms with Gasteiger partial charge < -0.3 is 15.0 Å². The van der Waals surface area contributed by atoms with Crippen molar-refractivity contribution in [1.82, 2.24) is 10.2 Å². The molecule has 0 spiro atoms. The molecule has 0 radical (unpaired) electrons. The minimum absolute atomic E-state index is 0.0751. The van der Waals surface area contributed by atoms with Crippen LogP contribution in [0.4, 0.5) is 5.69 Å². The highest BCUT2D eigenvalue weighted by molar-refractivity contribution is 7.92. The maximum absolute atomic E-state index is 14.3. The zero-order chi connectivity index (χ0) is 31.0. The number of amides is 2. The van der Waals surface area contributed by atoms with Crippen LogP contribution in [0.3, 0.4) is 0 Å². The van der Waals surface area contributed by atoms with Crippen LogP contribution in [0, 0.1) is 20.8 Å². The molecule has 226 valence electrons. The van der Waals surface area contributed by atoms with Gasteiger partial charge in [-0.2, -0.15) is 0 Å².